The number of para-hydroxylation sites is 1. The van der Waals surface area contributed by atoms with Gasteiger partial charge in [0.1, 0.15) is 0 Å². The van der Waals surface area contributed by atoms with Crippen molar-refractivity contribution in [3.05, 3.63) is 23.8 Å². The van der Waals surface area contributed by atoms with Crippen molar-refractivity contribution in [1.82, 2.24) is 5.01 Å². The van der Waals surface area contributed by atoms with Crippen molar-refractivity contribution >= 4 is 6.21 Å². The van der Waals surface area contributed by atoms with Crippen molar-refractivity contribution in [3.63, 3.8) is 0 Å². The van der Waals surface area contributed by atoms with Crippen LogP contribution in [-0.4, -0.2) is 39.5 Å². The molecule has 1 aromatic rings. The average molecular weight is 208 g/mol. The van der Waals surface area contributed by atoms with E-state index in [0.717, 1.165) is 5.56 Å². The lowest BCUT2D eigenvalue weighted by Crippen LogP contribution is -2.03. The predicted octanol–water partition coefficient (Wildman–Crippen LogP) is 1.60. The Morgan fingerprint density at radius 1 is 1.20 bits per heavy atom. The second-order valence-electron chi connectivity index (χ2n) is 3.17. The molecule has 0 aliphatic rings. The lowest BCUT2D eigenvalue weighted by atomic mass is 10.2. The topological polar surface area (TPSA) is 34.1 Å². The van der Waals surface area contributed by atoms with Crippen LogP contribution in [0.4, 0.5) is 0 Å². The summed E-state index contributed by atoms with van der Waals surface area (Å²) in [5, 5.41) is 5.87. The molecule has 4 heteroatoms. The van der Waals surface area contributed by atoms with Gasteiger partial charge in [0.15, 0.2) is 11.5 Å². The first kappa shape index (κ1) is 11.4. The van der Waals surface area contributed by atoms with Gasteiger partial charge >= 0.3 is 0 Å². The molecule has 0 heterocycles. The molecule has 0 amide bonds. The fourth-order valence-corrected chi connectivity index (χ4v) is 1.19. The Morgan fingerprint density at radius 2 is 1.93 bits per heavy atom. The van der Waals surface area contributed by atoms with Gasteiger partial charge in [-0.2, -0.15) is 5.10 Å². The summed E-state index contributed by atoms with van der Waals surface area (Å²) in [5.74, 6) is 1.41. The van der Waals surface area contributed by atoms with Crippen LogP contribution in [0, 0.1) is 0 Å². The Morgan fingerprint density at radius 3 is 2.47 bits per heavy atom. The molecule has 0 saturated carbocycles. The van der Waals surface area contributed by atoms with Gasteiger partial charge in [-0.05, 0) is 12.1 Å². The van der Waals surface area contributed by atoms with E-state index in [0.29, 0.717) is 11.5 Å². The van der Waals surface area contributed by atoms with E-state index in [-0.39, 0.29) is 0 Å². The number of hydrogen-bond acceptors (Lipinski definition) is 4. The first-order valence-corrected chi connectivity index (χ1v) is 4.61. The lowest BCUT2D eigenvalue weighted by molar-refractivity contribution is 0.354. The zero-order chi connectivity index (χ0) is 11.3. The minimum absolute atomic E-state index is 0.700. The highest BCUT2D eigenvalue weighted by molar-refractivity contribution is 5.84. The molecule has 0 aromatic heterocycles. The molecule has 0 bridgehead atoms. The van der Waals surface area contributed by atoms with E-state index in [4.69, 9.17) is 9.47 Å². The van der Waals surface area contributed by atoms with E-state index in [1.807, 2.05) is 32.3 Å². The summed E-state index contributed by atoms with van der Waals surface area (Å²) in [5.41, 5.74) is 0.894. The van der Waals surface area contributed by atoms with Crippen LogP contribution in [0.15, 0.2) is 23.3 Å². The van der Waals surface area contributed by atoms with Gasteiger partial charge in [-0.25, -0.2) is 0 Å². The molecule has 4 nitrogen and oxygen atoms in total. The van der Waals surface area contributed by atoms with Gasteiger partial charge in [-0.3, -0.25) is 0 Å². The summed E-state index contributed by atoms with van der Waals surface area (Å²) >= 11 is 0. The number of nitrogens with zero attached hydrogens (tertiary/aromatic N) is 2. The molecule has 1 rings (SSSR count). The molecule has 0 saturated heterocycles. The molecule has 0 radical (unpaired) electrons. The average Bonchev–Trinajstić information content (AvgIpc) is 2.25. The molecule has 0 unspecified atom stereocenters. The van der Waals surface area contributed by atoms with E-state index in [1.54, 1.807) is 25.4 Å². The Kier molecular flexibility index (Phi) is 3.97. The molecule has 1 aromatic carbocycles. The van der Waals surface area contributed by atoms with E-state index < -0.39 is 0 Å². The normalized spacial score (nSPS) is 10.4. The Balaban J connectivity index is 3.06. The number of benzene rings is 1. The minimum Gasteiger partial charge on any atom is -0.493 e. The fourth-order valence-electron chi connectivity index (χ4n) is 1.19. The SMILES string of the molecule is COc1cccc(C=NN(C)C)c1OC. The van der Waals surface area contributed by atoms with Crippen LogP contribution in [0.1, 0.15) is 5.56 Å². The summed E-state index contributed by atoms with van der Waals surface area (Å²) in [6.45, 7) is 0. The number of hydrazone groups is 1. The second kappa shape index (κ2) is 5.24. The van der Waals surface area contributed by atoms with Gasteiger partial charge in [0, 0.05) is 19.7 Å². The first-order valence-electron chi connectivity index (χ1n) is 4.61. The highest BCUT2D eigenvalue weighted by Gasteiger charge is 2.06. The van der Waals surface area contributed by atoms with Crippen LogP contribution in [0.2, 0.25) is 0 Å². The van der Waals surface area contributed by atoms with Crippen LogP contribution >= 0.6 is 0 Å². The third-order valence-electron chi connectivity index (χ3n) is 1.86. The van der Waals surface area contributed by atoms with Gasteiger partial charge in [0.25, 0.3) is 0 Å². The van der Waals surface area contributed by atoms with Crippen LogP contribution in [0.25, 0.3) is 0 Å². The summed E-state index contributed by atoms with van der Waals surface area (Å²) in [6, 6.07) is 5.68. The molecule has 82 valence electrons. The van der Waals surface area contributed by atoms with Crippen LogP contribution < -0.4 is 9.47 Å². The first-order chi connectivity index (χ1) is 7.19. The van der Waals surface area contributed by atoms with Crippen molar-refractivity contribution < 1.29 is 9.47 Å². The maximum Gasteiger partial charge on any atom is 0.169 e. The van der Waals surface area contributed by atoms with Gasteiger partial charge in [0.05, 0.1) is 20.4 Å². The lowest BCUT2D eigenvalue weighted by Gasteiger charge is -2.10. The molecule has 0 N–H and O–H groups in total. The van der Waals surface area contributed by atoms with Crippen molar-refractivity contribution in [1.29, 1.82) is 0 Å². The third kappa shape index (κ3) is 2.87. The molecule has 0 atom stereocenters. The Bertz CT molecular complexity index is 348. The summed E-state index contributed by atoms with van der Waals surface area (Å²) in [7, 11) is 6.96. The molecular formula is C11H16N2O2. The monoisotopic (exact) mass is 208 g/mol. The second-order valence-corrected chi connectivity index (χ2v) is 3.17. The van der Waals surface area contributed by atoms with Crippen LogP contribution in [-0.2, 0) is 0 Å². The molecular weight excluding hydrogens is 192 g/mol. The van der Waals surface area contributed by atoms with Crippen LogP contribution in [0.5, 0.6) is 11.5 Å². The van der Waals surface area contributed by atoms with Crippen LogP contribution in [0.3, 0.4) is 0 Å². The molecule has 0 fully saturated rings. The van der Waals surface area contributed by atoms with E-state index >= 15 is 0 Å². The summed E-state index contributed by atoms with van der Waals surface area (Å²) in [6.07, 6.45) is 1.74. The smallest absolute Gasteiger partial charge is 0.169 e. The third-order valence-corrected chi connectivity index (χ3v) is 1.86. The number of hydrogen-bond donors (Lipinski definition) is 0. The highest BCUT2D eigenvalue weighted by Crippen LogP contribution is 2.29. The summed E-state index contributed by atoms with van der Waals surface area (Å²) < 4.78 is 10.4. The van der Waals surface area contributed by atoms with E-state index in [9.17, 15) is 0 Å². The Labute approximate surface area is 90.1 Å². The van der Waals surface area contributed by atoms with Gasteiger partial charge in [-0.1, -0.05) is 6.07 Å². The fraction of sp³-hybridized carbons (Fsp3) is 0.364. The molecule has 0 aliphatic carbocycles. The van der Waals surface area contributed by atoms with E-state index in [2.05, 4.69) is 5.10 Å². The quantitative estimate of drug-likeness (QED) is 0.556. The zero-order valence-electron chi connectivity index (χ0n) is 9.52. The van der Waals surface area contributed by atoms with Gasteiger partial charge < -0.3 is 14.5 Å². The largest absolute Gasteiger partial charge is 0.493 e. The predicted molar refractivity (Wildman–Crippen MR) is 60.8 cm³/mol. The number of rotatable bonds is 4. The van der Waals surface area contributed by atoms with Crippen molar-refractivity contribution in [2.45, 2.75) is 0 Å². The van der Waals surface area contributed by atoms with E-state index in [1.165, 1.54) is 0 Å². The molecule has 0 aliphatic heterocycles. The minimum atomic E-state index is 0.700. The zero-order valence-corrected chi connectivity index (χ0v) is 9.52. The van der Waals surface area contributed by atoms with Crippen molar-refractivity contribution in [2.75, 3.05) is 28.3 Å². The van der Waals surface area contributed by atoms with Gasteiger partial charge in [0.2, 0.25) is 0 Å². The van der Waals surface area contributed by atoms with Crippen molar-refractivity contribution in [2.24, 2.45) is 5.10 Å². The number of ether oxygens (including phenoxy) is 2. The van der Waals surface area contributed by atoms with Gasteiger partial charge in [-0.15, -0.1) is 0 Å². The maximum absolute atomic E-state index is 5.26. The maximum atomic E-state index is 5.26. The highest BCUT2D eigenvalue weighted by atomic mass is 16.5. The number of methoxy groups -OCH3 is 2. The molecule has 15 heavy (non-hydrogen) atoms. The standard InChI is InChI=1S/C11H16N2O2/c1-13(2)12-8-9-6-5-7-10(14-3)11(9)15-4/h5-8H,1-4H3. The Hall–Kier alpha value is -1.71. The van der Waals surface area contributed by atoms with Crippen molar-refractivity contribution in [3.8, 4) is 11.5 Å². The summed E-state index contributed by atoms with van der Waals surface area (Å²) in [4.78, 5) is 0. The molecule has 0 spiro atoms.